The number of nitrogens with zero attached hydrogens (tertiary/aromatic N) is 2. The zero-order valence-electron chi connectivity index (χ0n) is 7.52. The number of rotatable bonds is 2. The Hall–Kier alpha value is -0.300. The highest BCUT2D eigenvalue weighted by molar-refractivity contribution is 9.13. The minimum atomic E-state index is -0.216. The molecule has 6 heteroatoms. The van der Waals surface area contributed by atoms with Crippen LogP contribution in [0.3, 0.4) is 0 Å². The fraction of sp³-hybridized carbons (Fsp3) is 0.111. The second-order valence-electron chi connectivity index (χ2n) is 2.88. The largest absolute Gasteiger partial charge is 0.318 e. The van der Waals surface area contributed by atoms with Crippen LogP contribution in [0, 0.1) is 0 Å². The molecule has 0 aliphatic heterocycles. The van der Waals surface area contributed by atoms with E-state index in [0.29, 0.717) is 0 Å². The molecule has 2 N–H and O–H groups in total. The summed E-state index contributed by atoms with van der Waals surface area (Å²) in [6.07, 6.45) is 4.97. The van der Waals surface area contributed by atoms with Crippen molar-refractivity contribution in [3.8, 4) is 0 Å². The van der Waals surface area contributed by atoms with E-state index >= 15 is 0 Å². The lowest BCUT2D eigenvalue weighted by atomic mass is 10.2. The van der Waals surface area contributed by atoms with Crippen LogP contribution in [0.4, 0.5) is 0 Å². The van der Waals surface area contributed by atoms with Crippen molar-refractivity contribution in [2.45, 2.75) is 6.04 Å². The van der Waals surface area contributed by atoms with Gasteiger partial charge in [-0.15, -0.1) is 11.3 Å². The maximum Gasteiger partial charge on any atom is 0.0843 e. The SMILES string of the molecule is NC(c1cnccn1)c1cc(Br)c(Br)s1. The summed E-state index contributed by atoms with van der Waals surface area (Å²) in [5.41, 5.74) is 6.84. The van der Waals surface area contributed by atoms with Gasteiger partial charge in [0.25, 0.3) is 0 Å². The van der Waals surface area contributed by atoms with Crippen molar-refractivity contribution in [3.05, 3.63) is 43.5 Å². The number of halogens is 2. The van der Waals surface area contributed by atoms with Gasteiger partial charge in [0.2, 0.25) is 0 Å². The predicted molar refractivity (Wildman–Crippen MR) is 67.8 cm³/mol. The topological polar surface area (TPSA) is 51.8 Å². The highest BCUT2D eigenvalue weighted by Gasteiger charge is 2.14. The van der Waals surface area contributed by atoms with E-state index in [-0.39, 0.29) is 6.04 Å². The van der Waals surface area contributed by atoms with E-state index in [1.54, 1.807) is 29.9 Å². The van der Waals surface area contributed by atoms with Gasteiger partial charge in [0.05, 0.1) is 21.7 Å². The van der Waals surface area contributed by atoms with E-state index in [2.05, 4.69) is 41.8 Å². The van der Waals surface area contributed by atoms with Gasteiger partial charge in [-0.2, -0.15) is 0 Å². The summed E-state index contributed by atoms with van der Waals surface area (Å²) in [6, 6.07) is 1.78. The molecule has 0 aromatic carbocycles. The molecule has 0 saturated heterocycles. The molecule has 2 rings (SSSR count). The molecule has 0 fully saturated rings. The zero-order valence-corrected chi connectivity index (χ0v) is 11.5. The van der Waals surface area contributed by atoms with E-state index in [0.717, 1.165) is 18.8 Å². The monoisotopic (exact) mass is 347 g/mol. The van der Waals surface area contributed by atoms with Crippen molar-refractivity contribution in [3.63, 3.8) is 0 Å². The van der Waals surface area contributed by atoms with Crippen molar-refractivity contribution in [2.24, 2.45) is 5.73 Å². The standard InChI is InChI=1S/C9H7Br2N3S/c10-5-3-7(15-9(5)11)8(12)6-4-13-1-2-14-6/h1-4,8H,12H2. The smallest absolute Gasteiger partial charge is 0.0843 e. The van der Waals surface area contributed by atoms with Crippen LogP contribution in [0.15, 0.2) is 32.9 Å². The molecular weight excluding hydrogens is 342 g/mol. The molecule has 0 radical (unpaired) electrons. The number of nitrogens with two attached hydrogens (primary N) is 1. The third kappa shape index (κ3) is 2.44. The number of hydrogen-bond donors (Lipinski definition) is 1. The van der Waals surface area contributed by atoms with Crippen LogP contribution in [-0.2, 0) is 0 Å². The first-order chi connectivity index (χ1) is 7.18. The van der Waals surface area contributed by atoms with E-state index in [1.807, 2.05) is 6.07 Å². The molecule has 0 bridgehead atoms. The summed E-state index contributed by atoms with van der Waals surface area (Å²) in [5.74, 6) is 0. The van der Waals surface area contributed by atoms with Crippen LogP contribution >= 0.6 is 43.2 Å². The Labute approximate surface area is 108 Å². The predicted octanol–water partition coefficient (Wildman–Crippen LogP) is 3.11. The minimum absolute atomic E-state index is 0.216. The summed E-state index contributed by atoms with van der Waals surface area (Å²) in [6.45, 7) is 0. The molecule has 15 heavy (non-hydrogen) atoms. The average Bonchev–Trinajstić information content (AvgIpc) is 2.59. The molecule has 0 amide bonds. The van der Waals surface area contributed by atoms with Gasteiger partial charge in [0.1, 0.15) is 0 Å². The second-order valence-corrected chi connectivity index (χ2v) is 6.13. The van der Waals surface area contributed by atoms with Gasteiger partial charge >= 0.3 is 0 Å². The minimum Gasteiger partial charge on any atom is -0.318 e. The van der Waals surface area contributed by atoms with Gasteiger partial charge in [0.15, 0.2) is 0 Å². The van der Waals surface area contributed by atoms with Crippen molar-refractivity contribution in [1.82, 2.24) is 9.97 Å². The molecular formula is C9H7Br2N3S. The molecule has 3 nitrogen and oxygen atoms in total. The fourth-order valence-electron chi connectivity index (χ4n) is 1.13. The highest BCUT2D eigenvalue weighted by Crippen LogP contribution is 2.36. The first-order valence-corrected chi connectivity index (χ1v) is 6.55. The van der Waals surface area contributed by atoms with Gasteiger partial charge in [-0.05, 0) is 37.9 Å². The molecule has 2 aromatic heterocycles. The first-order valence-electron chi connectivity index (χ1n) is 4.14. The summed E-state index contributed by atoms with van der Waals surface area (Å²) in [7, 11) is 0. The molecule has 1 atom stereocenters. The summed E-state index contributed by atoms with van der Waals surface area (Å²) in [5, 5.41) is 0. The van der Waals surface area contributed by atoms with Gasteiger partial charge in [-0.3, -0.25) is 9.97 Å². The molecule has 2 heterocycles. The lowest BCUT2D eigenvalue weighted by Crippen LogP contribution is -2.12. The Bertz CT molecular complexity index is 438. The van der Waals surface area contributed by atoms with Crippen LogP contribution < -0.4 is 5.73 Å². The van der Waals surface area contributed by atoms with Gasteiger partial charge in [-0.25, -0.2) is 0 Å². The van der Waals surface area contributed by atoms with Gasteiger partial charge < -0.3 is 5.73 Å². The molecule has 0 saturated carbocycles. The van der Waals surface area contributed by atoms with Gasteiger partial charge in [0, 0.05) is 21.7 Å². The van der Waals surface area contributed by atoms with Crippen LogP contribution in [-0.4, -0.2) is 9.97 Å². The van der Waals surface area contributed by atoms with Crippen LogP contribution in [0.2, 0.25) is 0 Å². The molecule has 0 aliphatic rings. The average molecular weight is 349 g/mol. The molecule has 78 valence electrons. The molecule has 1 unspecified atom stereocenters. The number of hydrogen-bond acceptors (Lipinski definition) is 4. The Kier molecular flexibility index (Phi) is 3.50. The third-order valence-electron chi connectivity index (χ3n) is 1.87. The maximum absolute atomic E-state index is 6.06. The van der Waals surface area contributed by atoms with Crippen molar-refractivity contribution in [2.75, 3.05) is 0 Å². The summed E-state index contributed by atoms with van der Waals surface area (Å²) in [4.78, 5) is 9.23. The second kappa shape index (κ2) is 4.69. The maximum atomic E-state index is 6.06. The van der Waals surface area contributed by atoms with Crippen LogP contribution in [0.25, 0.3) is 0 Å². The number of aromatic nitrogens is 2. The van der Waals surface area contributed by atoms with E-state index < -0.39 is 0 Å². The van der Waals surface area contributed by atoms with Crippen molar-refractivity contribution in [1.29, 1.82) is 0 Å². The lowest BCUT2D eigenvalue weighted by molar-refractivity contribution is 0.834. The quantitative estimate of drug-likeness (QED) is 0.907. The Morgan fingerprint density at radius 3 is 2.67 bits per heavy atom. The van der Waals surface area contributed by atoms with E-state index in [9.17, 15) is 0 Å². The summed E-state index contributed by atoms with van der Waals surface area (Å²) >= 11 is 8.46. The third-order valence-corrected chi connectivity index (χ3v) is 5.21. The fourth-order valence-corrected chi connectivity index (χ4v) is 3.24. The number of thiophene rings is 1. The van der Waals surface area contributed by atoms with Gasteiger partial charge in [-0.1, -0.05) is 0 Å². The van der Waals surface area contributed by atoms with Crippen molar-refractivity contribution >= 4 is 43.2 Å². The Balaban J connectivity index is 2.32. The molecule has 2 aromatic rings. The molecule has 0 aliphatic carbocycles. The molecule has 0 spiro atoms. The van der Waals surface area contributed by atoms with Crippen molar-refractivity contribution < 1.29 is 0 Å². The normalized spacial score (nSPS) is 12.7. The van der Waals surface area contributed by atoms with E-state index in [4.69, 9.17) is 5.73 Å². The first kappa shape index (κ1) is 11.2. The highest BCUT2D eigenvalue weighted by atomic mass is 79.9. The summed E-state index contributed by atoms with van der Waals surface area (Å²) < 4.78 is 2.05. The lowest BCUT2D eigenvalue weighted by Gasteiger charge is -2.06. The van der Waals surface area contributed by atoms with Crippen LogP contribution in [0.1, 0.15) is 16.6 Å². The van der Waals surface area contributed by atoms with E-state index in [1.165, 1.54) is 0 Å². The van der Waals surface area contributed by atoms with Crippen LogP contribution in [0.5, 0.6) is 0 Å². The zero-order chi connectivity index (χ0) is 10.8. The Morgan fingerprint density at radius 1 is 1.33 bits per heavy atom. The Morgan fingerprint density at radius 2 is 2.13 bits per heavy atom.